The average Bonchev–Trinajstić information content (AvgIpc) is 2.35. The van der Waals surface area contributed by atoms with Gasteiger partial charge in [-0.3, -0.25) is 4.79 Å². The summed E-state index contributed by atoms with van der Waals surface area (Å²) in [7, 11) is 0. The lowest BCUT2D eigenvalue weighted by molar-refractivity contribution is 0.0942. The largest absolute Gasteiger partial charge is 0.350 e. The molecule has 1 aromatic rings. The Balaban J connectivity index is 2.71. The highest BCUT2D eigenvalue weighted by Gasteiger charge is 2.21. The predicted molar refractivity (Wildman–Crippen MR) is 76.3 cm³/mol. The Kier molecular flexibility index (Phi) is 5.45. The van der Waals surface area contributed by atoms with Gasteiger partial charge in [-0.25, -0.2) is 0 Å². The van der Waals surface area contributed by atoms with Crippen molar-refractivity contribution in [1.29, 1.82) is 0 Å². The number of hydrogen-bond acceptors (Lipinski definition) is 2. The van der Waals surface area contributed by atoms with Gasteiger partial charge in [0.05, 0.1) is 10.6 Å². The van der Waals surface area contributed by atoms with E-state index < -0.39 is 0 Å². The van der Waals surface area contributed by atoms with Gasteiger partial charge >= 0.3 is 0 Å². The van der Waals surface area contributed by atoms with Crippen LogP contribution in [0.1, 0.15) is 37.0 Å². The van der Waals surface area contributed by atoms with Crippen molar-refractivity contribution < 1.29 is 4.79 Å². The predicted octanol–water partition coefficient (Wildman–Crippen LogP) is 3.24. The molecular weight excluding hydrogens is 271 g/mol. The molecule has 0 aliphatic carbocycles. The molecule has 0 spiro atoms. The summed E-state index contributed by atoms with van der Waals surface area (Å²) in [6.07, 6.45) is 1.61. The van der Waals surface area contributed by atoms with E-state index in [0.29, 0.717) is 22.2 Å². The Morgan fingerprint density at radius 1 is 1.33 bits per heavy atom. The zero-order valence-electron chi connectivity index (χ0n) is 10.6. The third-order valence-corrected chi connectivity index (χ3v) is 3.73. The standard InChI is InChI=1S/C13H18Cl2N2O/c1-3-13(16,4-2)8-17-12(18)10-6-5-9(14)7-11(10)15/h5-7H,3-4,8,16H2,1-2H3,(H,17,18). The van der Waals surface area contributed by atoms with E-state index in [4.69, 9.17) is 28.9 Å². The van der Waals surface area contributed by atoms with Gasteiger partial charge in [0.25, 0.3) is 5.91 Å². The zero-order chi connectivity index (χ0) is 13.8. The summed E-state index contributed by atoms with van der Waals surface area (Å²) in [5.74, 6) is -0.228. The van der Waals surface area contributed by atoms with Crippen molar-refractivity contribution in [3.63, 3.8) is 0 Å². The van der Waals surface area contributed by atoms with Crippen LogP contribution in [0.25, 0.3) is 0 Å². The van der Waals surface area contributed by atoms with Crippen LogP contribution in [0.15, 0.2) is 18.2 Å². The van der Waals surface area contributed by atoms with E-state index in [1.54, 1.807) is 18.2 Å². The summed E-state index contributed by atoms with van der Waals surface area (Å²) in [4.78, 5) is 12.0. The molecule has 0 aliphatic heterocycles. The van der Waals surface area contributed by atoms with Crippen molar-refractivity contribution >= 4 is 29.1 Å². The van der Waals surface area contributed by atoms with Crippen LogP contribution < -0.4 is 11.1 Å². The first-order chi connectivity index (χ1) is 8.41. The van der Waals surface area contributed by atoms with Gasteiger partial charge in [-0.15, -0.1) is 0 Å². The van der Waals surface area contributed by atoms with Crippen LogP contribution >= 0.6 is 23.2 Å². The summed E-state index contributed by atoms with van der Waals surface area (Å²) in [6.45, 7) is 4.44. The number of hydrogen-bond donors (Lipinski definition) is 2. The first-order valence-electron chi connectivity index (χ1n) is 5.94. The third kappa shape index (κ3) is 3.87. The molecule has 18 heavy (non-hydrogen) atoms. The minimum atomic E-state index is -0.367. The monoisotopic (exact) mass is 288 g/mol. The molecule has 0 heterocycles. The number of rotatable bonds is 5. The fourth-order valence-electron chi connectivity index (χ4n) is 1.53. The Hall–Kier alpha value is -0.770. The molecule has 0 aromatic heterocycles. The van der Waals surface area contributed by atoms with Crippen molar-refractivity contribution in [2.24, 2.45) is 5.73 Å². The number of carbonyl (C=O) groups excluding carboxylic acids is 1. The van der Waals surface area contributed by atoms with E-state index in [-0.39, 0.29) is 11.4 Å². The molecule has 0 saturated heterocycles. The van der Waals surface area contributed by atoms with Gasteiger partial charge in [-0.2, -0.15) is 0 Å². The maximum Gasteiger partial charge on any atom is 0.252 e. The Morgan fingerprint density at radius 2 is 1.94 bits per heavy atom. The molecule has 0 bridgehead atoms. The number of carbonyl (C=O) groups is 1. The van der Waals surface area contributed by atoms with Crippen molar-refractivity contribution in [3.8, 4) is 0 Å². The van der Waals surface area contributed by atoms with E-state index in [0.717, 1.165) is 12.8 Å². The van der Waals surface area contributed by atoms with Crippen LogP contribution in [0.2, 0.25) is 10.0 Å². The van der Waals surface area contributed by atoms with Crippen molar-refractivity contribution in [3.05, 3.63) is 33.8 Å². The number of nitrogens with one attached hydrogen (secondary N) is 1. The first kappa shape index (κ1) is 15.3. The smallest absolute Gasteiger partial charge is 0.252 e. The van der Waals surface area contributed by atoms with Gasteiger partial charge in [0.2, 0.25) is 0 Å². The van der Waals surface area contributed by atoms with Crippen molar-refractivity contribution in [2.75, 3.05) is 6.54 Å². The van der Waals surface area contributed by atoms with E-state index in [2.05, 4.69) is 5.32 Å². The topological polar surface area (TPSA) is 55.1 Å². The molecule has 0 radical (unpaired) electrons. The van der Waals surface area contributed by atoms with Crippen molar-refractivity contribution in [1.82, 2.24) is 5.32 Å². The van der Waals surface area contributed by atoms with Crippen LogP contribution in [0.3, 0.4) is 0 Å². The van der Waals surface area contributed by atoms with E-state index >= 15 is 0 Å². The average molecular weight is 289 g/mol. The highest BCUT2D eigenvalue weighted by molar-refractivity contribution is 6.36. The molecule has 0 saturated carbocycles. The molecule has 0 aliphatic rings. The van der Waals surface area contributed by atoms with Gasteiger partial charge in [0.15, 0.2) is 0 Å². The second-order valence-corrected chi connectivity index (χ2v) is 5.22. The molecule has 1 aromatic carbocycles. The number of nitrogens with two attached hydrogens (primary N) is 1. The highest BCUT2D eigenvalue weighted by Crippen LogP contribution is 2.21. The van der Waals surface area contributed by atoms with E-state index in [9.17, 15) is 4.79 Å². The lowest BCUT2D eigenvalue weighted by Gasteiger charge is -2.26. The third-order valence-electron chi connectivity index (χ3n) is 3.19. The summed E-state index contributed by atoms with van der Waals surface area (Å²) < 4.78 is 0. The van der Waals surface area contributed by atoms with Gasteiger partial charge in [0.1, 0.15) is 0 Å². The number of benzene rings is 1. The zero-order valence-corrected chi connectivity index (χ0v) is 12.1. The SMILES string of the molecule is CCC(N)(CC)CNC(=O)c1ccc(Cl)cc1Cl. The first-order valence-corrected chi connectivity index (χ1v) is 6.69. The molecule has 100 valence electrons. The van der Waals surface area contributed by atoms with Crippen LogP contribution in [0.4, 0.5) is 0 Å². The van der Waals surface area contributed by atoms with Gasteiger partial charge in [-0.05, 0) is 31.0 Å². The normalized spacial score (nSPS) is 11.4. The van der Waals surface area contributed by atoms with Gasteiger partial charge in [-0.1, -0.05) is 37.0 Å². The van der Waals surface area contributed by atoms with Crippen molar-refractivity contribution in [2.45, 2.75) is 32.2 Å². The number of halogens is 2. The highest BCUT2D eigenvalue weighted by atomic mass is 35.5. The quantitative estimate of drug-likeness (QED) is 0.874. The summed E-state index contributed by atoms with van der Waals surface area (Å²) in [5.41, 5.74) is 6.16. The second-order valence-electron chi connectivity index (χ2n) is 4.38. The van der Waals surface area contributed by atoms with Crippen LogP contribution in [-0.2, 0) is 0 Å². The maximum atomic E-state index is 12.0. The number of amides is 1. The minimum Gasteiger partial charge on any atom is -0.350 e. The Morgan fingerprint density at radius 3 is 2.44 bits per heavy atom. The molecule has 3 nitrogen and oxygen atoms in total. The molecule has 5 heteroatoms. The maximum absolute atomic E-state index is 12.0. The fraction of sp³-hybridized carbons (Fsp3) is 0.462. The molecule has 3 N–H and O–H groups in total. The van der Waals surface area contributed by atoms with Crippen LogP contribution in [-0.4, -0.2) is 18.0 Å². The minimum absolute atomic E-state index is 0.228. The Bertz CT molecular complexity index is 431. The molecule has 0 fully saturated rings. The van der Waals surface area contributed by atoms with Crippen LogP contribution in [0.5, 0.6) is 0 Å². The van der Waals surface area contributed by atoms with E-state index in [1.165, 1.54) is 0 Å². The summed E-state index contributed by atoms with van der Waals surface area (Å²) in [5, 5.41) is 3.66. The van der Waals surface area contributed by atoms with Gasteiger partial charge in [0, 0.05) is 17.1 Å². The molecular formula is C13H18Cl2N2O. The summed E-state index contributed by atoms with van der Waals surface area (Å²) in [6, 6.07) is 4.79. The lowest BCUT2D eigenvalue weighted by atomic mass is 9.94. The lowest BCUT2D eigenvalue weighted by Crippen LogP contribution is -2.49. The molecule has 0 atom stereocenters. The Labute approximate surface area is 118 Å². The second kappa shape index (κ2) is 6.41. The van der Waals surface area contributed by atoms with Crippen LogP contribution in [0, 0.1) is 0 Å². The fourth-order valence-corrected chi connectivity index (χ4v) is 2.02. The van der Waals surface area contributed by atoms with Gasteiger partial charge < -0.3 is 11.1 Å². The van der Waals surface area contributed by atoms with E-state index in [1.807, 2.05) is 13.8 Å². The molecule has 1 rings (SSSR count). The molecule has 0 unspecified atom stereocenters. The summed E-state index contributed by atoms with van der Waals surface area (Å²) >= 11 is 11.7. The molecule has 1 amide bonds.